The Bertz CT molecular complexity index is 1600. The number of hydrogen-bond donors (Lipinski definition) is 0. The second-order valence-electron chi connectivity index (χ2n) is 11.3. The molecule has 0 radical (unpaired) electrons. The van der Waals surface area contributed by atoms with Gasteiger partial charge < -0.3 is 29.4 Å². The number of aryl methyl sites for hydroxylation is 2. The number of para-hydroxylation sites is 2. The normalized spacial score (nSPS) is 22.2. The van der Waals surface area contributed by atoms with Gasteiger partial charge in [0.1, 0.15) is 12.3 Å². The van der Waals surface area contributed by atoms with Crippen LogP contribution in [0.5, 0.6) is 0 Å². The highest BCUT2D eigenvalue weighted by molar-refractivity contribution is 6.06. The molecule has 7 rings (SSSR count). The van der Waals surface area contributed by atoms with Crippen LogP contribution in [-0.2, 0) is 0 Å². The molecule has 4 aliphatic rings. The van der Waals surface area contributed by atoms with Gasteiger partial charge in [0.05, 0.1) is 12.4 Å². The zero-order valence-corrected chi connectivity index (χ0v) is 23.9. The molecule has 0 N–H and O–H groups in total. The van der Waals surface area contributed by atoms with E-state index in [0.29, 0.717) is 0 Å². The van der Waals surface area contributed by atoms with Crippen LogP contribution in [0.3, 0.4) is 0 Å². The zero-order chi connectivity index (χ0) is 27.5. The summed E-state index contributed by atoms with van der Waals surface area (Å²) in [6, 6.07) is 24.5. The predicted octanol–water partition coefficient (Wildman–Crippen LogP) is 6.21. The highest BCUT2D eigenvalue weighted by Crippen LogP contribution is 2.51. The Kier molecular flexibility index (Phi) is 5.66. The summed E-state index contributed by atoms with van der Waals surface area (Å²) in [6.45, 7) is 5.23. The summed E-state index contributed by atoms with van der Waals surface area (Å²) in [5, 5.41) is 0. The molecule has 0 aromatic heterocycles. The smallest absolute Gasteiger partial charge is 0.132 e. The van der Waals surface area contributed by atoms with Crippen molar-refractivity contribution in [1.82, 2.24) is 14.7 Å². The lowest BCUT2D eigenvalue weighted by molar-refractivity contribution is 0.416. The third-order valence-electron chi connectivity index (χ3n) is 8.52. The fraction of sp³-hybridized carbons (Fsp3) is 0.235. The first-order valence-corrected chi connectivity index (χ1v) is 13.9. The molecule has 2 atom stereocenters. The number of likely N-dealkylation sites (N-methyl/N-ethyl adjacent to an activating group) is 2. The molecular weight excluding hydrogens is 492 g/mol. The van der Waals surface area contributed by atoms with Gasteiger partial charge in [0.15, 0.2) is 0 Å². The van der Waals surface area contributed by atoms with Crippen molar-refractivity contribution in [1.29, 1.82) is 0 Å². The van der Waals surface area contributed by atoms with E-state index in [-0.39, 0.29) is 12.3 Å². The maximum absolute atomic E-state index is 2.45. The van der Waals surface area contributed by atoms with Crippen LogP contribution in [0.2, 0.25) is 0 Å². The van der Waals surface area contributed by atoms with E-state index < -0.39 is 0 Å². The van der Waals surface area contributed by atoms with Gasteiger partial charge in [-0.3, -0.25) is 0 Å². The van der Waals surface area contributed by atoms with E-state index >= 15 is 0 Å². The average Bonchev–Trinajstić information content (AvgIpc) is 3.72. The lowest BCUT2D eigenvalue weighted by Gasteiger charge is -2.37. The molecule has 0 amide bonds. The maximum Gasteiger partial charge on any atom is 0.132 e. The molecule has 6 heteroatoms. The molecule has 4 heterocycles. The third kappa shape index (κ3) is 3.70. The monoisotopic (exact) mass is 528 g/mol. The van der Waals surface area contributed by atoms with E-state index in [4.69, 9.17) is 0 Å². The highest BCUT2D eigenvalue weighted by atomic mass is 15.4. The highest BCUT2D eigenvalue weighted by Gasteiger charge is 2.44. The van der Waals surface area contributed by atoms with Crippen molar-refractivity contribution in [3.8, 4) is 0 Å². The molecule has 40 heavy (non-hydrogen) atoms. The number of benzene rings is 3. The Hall–Kier alpha value is -4.58. The van der Waals surface area contributed by atoms with Gasteiger partial charge in [-0.2, -0.15) is 0 Å². The minimum Gasteiger partial charge on any atom is -0.361 e. The van der Waals surface area contributed by atoms with Crippen LogP contribution in [0.4, 0.5) is 17.1 Å². The fourth-order valence-electron chi connectivity index (χ4n) is 6.61. The number of rotatable bonds is 4. The van der Waals surface area contributed by atoms with Gasteiger partial charge >= 0.3 is 0 Å². The first kappa shape index (κ1) is 24.5. The van der Waals surface area contributed by atoms with Crippen molar-refractivity contribution in [2.45, 2.75) is 26.2 Å². The lowest BCUT2D eigenvalue weighted by atomic mass is 9.88. The molecule has 0 spiro atoms. The first-order chi connectivity index (χ1) is 19.4. The molecule has 0 fully saturated rings. The van der Waals surface area contributed by atoms with Crippen LogP contribution in [0.15, 0.2) is 104 Å². The van der Waals surface area contributed by atoms with Crippen LogP contribution in [0.25, 0.3) is 11.1 Å². The van der Waals surface area contributed by atoms with E-state index in [1.807, 2.05) is 0 Å². The number of hydrogen-bond acceptors (Lipinski definition) is 6. The van der Waals surface area contributed by atoms with Gasteiger partial charge in [0.25, 0.3) is 0 Å². The Morgan fingerprint density at radius 1 is 0.675 bits per heavy atom. The van der Waals surface area contributed by atoms with Gasteiger partial charge in [0, 0.05) is 92.0 Å². The number of nitrogens with zero attached hydrogens (tertiary/aromatic N) is 6. The molecule has 202 valence electrons. The standard InChI is InChI=1S/C34H36N6/c1-24-14-15-29(38-19-16-35(3)23-38)27(22-24)32(34-37(5)17-20-39(34)28-12-8-6-10-25(28)2)31-26-11-7-9-13-30(26)40-21-18-36(4)33(31)40/h6-22,33-34H,23H2,1-5H3/b32-31-. The molecule has 2 unspecified atom stereocenters. The molecule has 3 aromatic rings. The molecule has 3 aromatic carbocycles. The summed E-state index contributed by atoms with van der Waals surface area (Å²) in [7, 11) is 6.52. The van der Waals surface area contributed by atoms with Gasteiger partial charge in [-0.1, -0.05) is 48.0 Å². The summed E-state index contributed by atoms with van der Waals surface area (Å²) in [5.74, 6) is 0. The summed E-state index contributed by atoms with van der Waals surface area (Å²) in [4.78, 5) is 14.2. The van der Waals surface area contributed by atoms with Crippen molar-refractivity contribution < 1.29 is 0 Å². The molecule has 0 aliphatic carbocycles. The Balaban J connectivity index is 1.54. The Labute approximate surface area is 237 Å². The van der Waals surface area contributed by atoms with Crippen molar-refractivity contribution >= 4 is 28.2 Å². The molecule has 0 saturated heterocycles. The minimum absolute atomic E-state index is 0.0250. The summed E-state index contributed by atoms with van der Waals surface area (Å²) >= 11 is 0. The minimum atomic E-state index is -0.0250. The van der Waals surface area contributed by atoms with Gasteiger partial charge in [0.2, 0.25) is 0 Å². The van der Waals surface area contributed by atoms with Crippen LogP contribution in [-0.4, -0.2) is 54.8 Å². The summed E-state index contributed by atoms with van der Waals surface area (Å²) in [6.07, 6.45) is 13.3. The molecular formula is C34H36N6. The molecule has 6 nitrogen and oxygen atoms in total. The third-order valence-corrected chi connectivity index (χ3v) is 8.52. The van der Waals surface area contributed by atoms with E-state index in [1.165, 1.54) is 50.5 Å². The quantitative estimate of drug-likeness (QED) is 0.398. The lowest BCUT2D eigenvalue weighted by Crippen LogP contribution is -2.41. The van der Waals surface area contributed by atoms with Crippen LogP contribution in [0.1, 0.15) is 22.3 Å². The van der Waals surface area contributed by atoms with Crippen molar-refractivity contribution in [2.75, 3.05) is 42.5 Å². The van der Waals surface area contributed by atoms with Gasteiger partial charge in [-0.25, -0.2) is 0 Å². The van der Waals surface area contributed by atoms with E-state index in [1.54, 1.807) is 0 Å². The van der Waals surface area contributed by atoms with Crippen molar-refractivity contribution in [2.24, 2.45) is 0 Å². The van der Waals surface area contributed by atoms with E-state index in [2.05, 4.69) is 168 Å². The molecule has 0 bridgehead atoms. The SMILES string of the molecule is Cc1ccc(N2C=CN(C)C2)c(/C(=C2\c3ccccc3N3C=CN(C)C23)C2N(C)C=CN2c2ccccc2C)c1. The second-order valence-corrected chi connectivity index (χ2v) is 11.3. The van der Waals surface area contributed by atoms with Gasteiger partial charge in [-0.15, -0.1) is 0 Å². The second kappa shape index (κ2) is 9.26. The molecule has 0 saturated carbocycles. The maximum atomic E-state index is 2.45. The average molecular weight is 529 g/mol. The van der Waals surface area contributed by atoms with Crippen molar-refractivity contribution in [3.05, 3.63) is 126 Å². The van der Waals surface area contributed by atoms with E-state index in [9.17, 15) is 0 Å². The summed E-state index contributed by atoms with van der Waals surface area (Å²) < 4.78 is 0. The fourth-order valence-corrected chi connectivity index (χ4v) is 6.61. The van der Waals surface area contributed by atoms with Crippen molar-refractivity contribution in [3.63, 3.8) is 0 Å². The van der Waals surface area contributed by atoms with Crippen LogP contribution >= 0.6 is 0 Å². The predicted molar refractivity (Wildman–Crippen MR) is 166 cm³/mol. The van der Waals surface area contributed by atoms with E-state index in [0.717, 1.165) is 6.67 Å². The Morgan fingerprint density at radius 3 is 2.17 bits per heavy atom. The van der Waals surface area contributed by atoms with Gasteiger partial charge in [-0.05, 0) is 43.7 Å². The van der Waals surface area contributed by atoms with Crippen LogP contribution < -0.4 is 14.7 Å². The largest absolute Gasteiger partial charge is 0.361 e. The summed E-state index contributed by atoms with van der Waals surface area (Å²) in [5.41, 5.74) is 11.5. The first-order valence-electron chi connectivity index (χ1n) is 13.9. The number of anilines is 3. The van der Waals surface area contributed by atoms with Crippen LogP contribution in [0, 0.1) is 13.8 Å². The topological polar surface area (TPSA) is 19.4 Å². The number of fused-ring (bicyclic) bond motifs is 3. The zero-order valence-electron chi connectivity index (χ0n) is 23.9. The Morgan fingerprint density at radius 2 is 1.40 bits per heavy atom. The molecule has 4 aliphatic heterocycles.